The summed E-state index contributed by atoms with van der Waals surface area (Å²) in [7, 11) is 0. The molecule has 0 radical (unpaired) electrons. The molecule has 0 aliphatic carbocycles. The normalized spacial score (nSPS) is 13.1. The van der Waals surface area contributed by atoms with Gasteiger partial charge in [-0.15, -0.1) is 0 Å². The van der Waals surface area contributed by atoms with Gasteiger partial charge in [0.25, 0.3) is 0 Å². The number of nitrogens with zero attached hydrogens (tertiary/aromatic N) is 2. The molecule has 0 fully saturated rings. The molecule has 0 saturated carbocycles. The van der Waals surface area contributed by atoms with Gasteiger partial charge in [0, 0.05) is 23.7 Å². The van der Waals surface area contributed by atoms with Crippen molar-refractivity contribution >= 4 is 10.9 Å². The molecular formula is C16H23N3. The van der Waals surface area contributed by atoms with Gasteiger partial charge >= 0.3 is 0 Å². The maximum absolute atomic E-state index is 5.97. The molecule has 1 aromatic carbocycles. The van der Waals surface area contributed by atoms with Crippen LogP contribution in [0.5, 0.6) is 0 Å². The highest BCUT2D eigenvalue weighted by atomic mass is 15.2. The van der Waals surface area contributed by atoms with Gasteiger partial charge in [-0.25, -0.2) is 0 Å². The third-order valence-electron chi connectivity index (χ3n) is 3.71. The number of aryl methyl sites for hydroxylation is 1. The van der Waals surface area contributed by atoms with E-state index in [9.17, 15) is 0 Å². The van der Waals surface area contributed by atoms with E-state index in [2.05, 4.69) is 54.1 Å². The fourth-order valence-electron chi connectivity index (χ4n) is 2.61. The quantitative estimate of drug-likeness (QED) is 0.895. The van der Waals surface area contributed by atoms with Gasteiger partial charge in [-0.1, -0.05) is 26.0 Å². The summed E-state index contributed by atoms with van der Waals surface area (Å²) < 4.78 is 0. The highest BCUT2D eigenvalue weighted by Gasteiger charge is 2.16. The highest BCUT2D eigenvalue weighted by Crippen LogP contribution is 2.23. The minimum absolute atomic E-state index is 0.292. The van der Waals surface area contributed by atoms with Crippen molar-refractivity contribution in [1.82, 2.24) is 9.88 Å². The van der Waals surface area contributed by atoms with Gasteiger partial charge in [0.05, 0.1) is 5.52 Å². The summed E-state index contributed by atoms with van der Waals surface area (Å²) in [6, 6.07) is 11.0. The van der Waals surface area contributed by atoms with Crippen molar-refractivity contribution in [3.05, 3.63) is 41.6 Å². The van der Waals surface area contributed by atoms with E-state index in [0.29, 0.717) is 12.6 Å². The lowest BCUT2D eigenvalue weighted by atomic mass is 10.0. The largest absolute Gasteiger partial charge is 0.329 e. The SMILES string of the molecule is CCN(CC)C(CN)c1ccc2nc(C)ccc2c1. The van der Waals surface area contributed by atoms with Crippen LogP contribution in [0.2, 0.25) is 0 Å². The average Bonchev–Trinajstić information content (AvgIpc) is 2.44. The zero-order valence-electron chi connectivity index (χ0n) is 12.1. The molecule has 1 unspecified atom stereocenters. The fraction of sp³-hybridized carbons (Fsp3) is 0.438. The first-order valence-electron chi connectivity index (χ1n) is 7.01. The van der Waals surface area contributed by atoms with Crippen LogP contribution < -0.4 is 5.73 Å². The number of rotatable bonds is 5. The number of likely N-dealkylation sites (N-methyl/N-ethyl adjacent to an activating group) is 1. The van der Waals surface area contributed by atoms with E-state index >= 15 is 0 Å². The molecule has 102 valence electrons. The van der Waals surface area contributed by atoms with Gasteiger partial charge in [0.15, 0.2) is 0 Å². The summed E-state index contributed by atoms with van der Waals surface area (Å²) in [5, 5.41) is 1.19. The molecule has 3 nitrogen and oxygen atoms in total. The molecule has 2 rings (SSSR count). The second-order valence-corrected chi connectivity index (χ2v) is 4.88. The molecule has 0 aliphatic rings. The lowest BCUT2D eigenvalue weighted by Gasteiger charge is -2.29. The Bertz CT molecular complexity index is 547. The lowest BCUT2D eigenvalue weighted by Crippen LogP contribution is -2.33. The number of fused-ring (bicyclic) bond motifs is 1. The van der Waals surface area contributed by atoms with Gasteiger partial charge in [-0.3, -0.25) is 9.88 Å². The molecule has 2 aromatic rings. The van der Waals surface area contributed by atoms with Crippen LogP contribution in [0.25, 0.3) is 10.9 Å². The lowest BCUT2D eigenvalue weighted by molar-refractivity contribution is 0.224. The first-order chi connectivity index (χ1) is 9.19. The van der Waals surface area contributed by atoms with E-state index in [0.717, 1.165) is 24.3 Å². The van der Waals surface area contributed by atoms with Gasteiger partial charge in [0.2, 0.25) is 0 Å². The molecule has 0 bridgehead atoms. The van der Waals surface area contributed by atoms with Gasteiger partial charge < -0.3 is 5.73 Å². The maximum atomic E-state index is 5.97. The number of hydrogen-bond acceptors (Lipinski definition) is 3. The molecule has 0 amide bonds. The Hall–Kier alpha value is -1.45. The number of hydrogen-bond donors (Lipinski definition) is 1. The Kier molecular flexibility index (Phi) is 4.51. The average molecular weight is 257 g/mol. The van der Waals surface area contributed by atoms with Crippen molar-refractivity contribution in [2.45, 2.75) is 26.8 Å². The van der Waals surface area contributed by atoms with E-state index in [-0.39, 0.29) is 0 Å². The van der Waals surface area contributed by atoms with Gasteiger partial charge in [-0.2, -0.15) is 0 Å². The van der Waals surface area contributed by atoms with Crippen molar-refractivity contribution in [3.63, 3.8) is 0 Å². The Morgan fingerprint density at radius 2 is 1.89 bits per heavy atom. The monoisotopic (exact) mass is 257 g/mol. The highest BCUT2D eigenvalue weighted by molar-refractivity contribution is 5.79. The van der Waals surface area contributed by atoms with Gasteiger partial charge in [0.1, 0.15) is 0 Å². The van der Waals surface area contributed by atoms with E-state index in [1.807, 2.05) is 6.92 Å². The molecule has 2 N–H and O–H groups in total. The first kappa shape index (κ1) is 14.0. The molecular weight excluding hydrogens is 234 g/mol. The van der Waals surface area contributed by atoms with E-state index in [1.165, 1.54) is 10.9 Å². The van der Waals surface area contributed by atoms with E-state index in [4.69, 9.17) is 5.73 Å². The minimum atomic E-state index is 0.292. The van der Waals surface area contributed by atoms with Crippen LogP contribution in [0, 0.1) is 6.92 Å². The smallest absolute Gasteiger partial charge is 0.0705 e. The van der Waals surface area contributed by atoms with Crippen LogP contribution in [-0.4, -0.2) is 29.5 Å². The van der Waals surface area contributed by atoms with Crippen molar-refractivity contribution < 1.29 is 0 Å². The predicted octanol–water partition coefficient (Wildman–Crippen LogP) is 2.88. The third kappa shape index (κ3) is 2.94. The fourth-order valence-corrected chi connectivity index (χ4v) is 2.61. The Morgan fingerprint density at radius 3 is 2.53 bits per heavy atom. The summed E-state index contributed by atoms with van der Waals surface area (Å²) in [6.45, 7) is 9.06. The third-order valence-corrected chi connectivity index (χ3v) is 3.71. The molecule has 0 spiro atoms. The van der Waals surface area contributed by atoms with Crippen molar-refractivity contribution in [2.24, 2.45) is 5.73 Å². The maximum Gasteiger partial charge on any atom is 0.0705 e. The molecule has 0 saturated heterocycles. The van der Waals surface area contributed by atoms with Crippen molar-refractivity contribution in [3.8, 4) is 0 Å². The van der Waals surface area contributed by atoms with Crippen LogP contribution in [0.1, 0.15) is 31.1 Å². The Balaban J connectivity index is 2.41. The molecule has 19 heavy (non-hydrogen) atoms. The second kappa shape index (κ2) is 6.13. The Labute approximate surface area is 115 Å². The van der Waals surface area contributed by atoms with Crippen LogP contribution in [0.15, 0.2) is 30.3 Å². The summed E-state index contributed by atoms with van der Waals surface area (Å²) in [4.78, 5) is 6.93. The van der Waals surface area contributed by atoms with Gasteiger partial charge in [-0.05, 0) is 43.8 Å². The topological polar surface area (TPSA) is 42.1 Å². The zero-order valence-corrected chi connectivity index (χ0v) is 12.1. The molecule has 0 aliphatic heterocycles. The first-order valence-corrected chi connectivity index (χ1v) is 7.01. The van der Waals surface area contributed by atoms with Crippen LogP contribution in [-0.2, 0) is 0 Å². The molecule has 1 heterocycles. The van der Waals surface area contributed by atoms with Crippen LogP contribution in [0.4, 0.5) is 0 Å². The Morgan fingerprint density at radius 1 is 1.16 bits per heavy atom. The number of aromatic nitrogens is 1. The zero-order chi connectivity index (χ0) is 13.8. The second-order valence-electron chi connectivity index (χ2n) is 4.88. The molecule has 1 atom stereocenters. The van der Waals surface area contributed by atoms with E-state index in [1.54, 1.807) is 0 Å². The number of pyridine rings is 1. The molecule has 3 heteroatoms. The number of nitrogens with two attached hydrogens (primary N) is 1. The van der Waals surface area contributed by atoms with Crippen LogP contribution in [0.3, 0.4) is 0 Å². The summed E-state index contributed by atoms with van der Waals surface area (Å²) in [6.07, 6.45) is 0. The predicted molar refractivity (Wildman–Crippen MR) is 81.2 cm³/mol. The summed E-state index contributed by atoms with van der Waals surface area (Å²) in [5.74, 6) is 0. The minimum Gasteiger partial charge on any atom is -0.329 e. The van der Waals surface area contributed by atoms with Crippen LogP contribution >= 0.6 is 0 Å². The van der Waals surface area contributed by atoms with Crippen molar-refractivity contribution in [1.29, 1.82) is 0 Å². The number of benzene rings is 1. The van der Waals surface area contributed by atoms with E-state index < -0.39 is 0 Å². The molecule has 1 aromatic heterocycles. The van der Waals surface area contributed by atoms with Crippen molar-refractivity contribution in [2.75, 3.05) is 19.6 Å². The standard InChI is InChI=1S/C16H23N3/c1-4-19(5-2)16(11-17)14-8-9-15-13(10-14)7-6-12(3)18-15/h6-10,16H,4-5,11,17H2,1-3H3. The summed E-state index contributed by atoms with van der Waals surface area (Å²) >= 11 is 0. The summed E-state index contributed by atoms with van der Waals surface area (Å²) in [5.41, 5.74) is 9.36.